The molecule has 0 saturated carbocycles. The van der Waals surface area contributed by atoms with E-state index >= 15 is 0 Å². The number of fused-ring (bicyclic) bond motifs is 1. The molecule has 4 aromatic rings. The molecule has 0 saturated heterocycles. The molecule has 0 bridgehead atoms. The first-order chi connectivity index (χ1) is 14.5. The van der Waals surface area contributed by atoms with Crippen molar-refractivity contribution in [3.8, 4) is 11.4 Å². The van der Waals surface area contributed by atoms with Crippen molar-refractivity contribution < 1.29 is 9.53 Å². The van der Waals surface area contributed by atoms with Gasteiger partial charge < -0.3 is 15.8 Å². The predicted molar refractivity (Wildman–Crippen MR) is 120 cm³/mol. The average Bonchev–Trinajstić information content (AvgIpc) is 3.14. The first-order valence-corrected chi connectivity index (χ1v) is 10.7. The Morgan fingerprint density at radius 2 is 2.03 bits per heavy atom. The Balaban J connectivity index is 1.55. The molecule has 4 rings (SSSR count). The minimum atomic E-state index is -0.472. The largest absolute Gasteiger partial charge is 0.497 e. The summed E-state index contributed by atoms with van der Waals surface area (Å²) >= 11 is 2.51. The molecule has 0 aliphatic carbocycles. The molecule has 0 aliphatic heterocycles. The van der Waals surface area contributed by atoms with Gasteiger partial charge in [-0.2, -0.15) is 4.98 Å². The fourth-order valence-electron chi connectivity index (χ4n) is 2.80. The Morgan fingerprint density at radius 3 is 2.83 bits per heavy atom. The highest BCUT2D eigenvalue weighted by molar-refractivity contribution is 7.99. The Labute approximate surface area is 179 Å². The minimum absolute atomic E-state index is 0.0375. The van der Waals surface area contributed by atoms with Gasteiger partial charge in [-0.05, 0) is 24.3 Å². The molecule has 0 spiro atoms. The number of amides is 1. The van der Waals surface area contributed by atoms with Crippen LogP contribution in [0.4, 0.5) is 10.9 Å². The molecule has 8 nitrogen and oxygen atoms in total. The fraction of sp³-hybridized carbons (Fsp3) is 0.100. The number of thiazole rings is 1. The molecule has 0 atom stereocenters. The number of ether oxygens (including phenoxy) is 1. The molecular weight excluding hydrogens is 422 g/mol. The van der Waals surface area contributed by atoms with Crippen LogP contribution in [0.2, 0.25) is 0 Å². The van der Waals surface area contributed by atoms with Crippen LogP contribution in [0.3, 0.4) is 0 Å². The van der Waals surface area contributed by atoms with E-state index in [2.05, 4.69) is 15.3 Å². The number of thioether (sulfide) groups is 1. The second kappa shape index (κ2) is 8.56. The van der Waals surface area contributed by atoms with E-state index in [4.69, 9.17) is 10.5 Å². The van der Waals surface area contributed by atoms with Crippen LogP contribution >= 0.6 is 23.1 Å². The Kier molecular flexibility index (Phi) is 5.68. The number of benzene rings is 2. The number of nitrogen functional groups attached to an aromatic ring is 1. The van der Waals surface area contributed by atoms with Crippen molar-refractivity contribution in [1.29, 1.82) is 0 Å². The van der Waals surface area contributed by atoms with Gasteiger partial charge >= 0.3 is 0 Å². The zero-order valence-corrected chi connectivity index (χ0v) is 17.5. The third-order valence-corrected chi connectivity index (χ3v) is 6.00. The molecule has 0 aliphatic rings. The predicted octanol–water partition coefficient (Wildman–Crippen LogP) is 3.16. The van der Waals surface area contributed by atoms with E-state index in [1.165, 1.54) is 17.4 Å². The summed E-state index contributed by atoms with van der Waals surface area (Å²) < 4.78 is 7.86. The lowest BCUT2D eigenvalue weighted by Gasteiger charge is -2.15. The summed E-state index contributed by atoms with van der Waals surface area (Å²) in [4.78, 5) is 32.8. The molecule has 1 amide bonds. The van der Waals surface area contributed by atoms with Crippen molar-refractivity contribution in [2.24, 2.45) is 0 Å². The van der Waals surface area contributed by atoms with Gasteiger partial charge in [-0.25, -0.2) is 4.98 Å². The van der Waals surface area contributed by atoms with Crippen LogP contribution in [-0.4, -0.2) is 33.3 Å². The normalized spacial score (nSPS) is 10.8. The van der Waals surface area contributed by atoms with Gasteiger partial charge in [0.15, 0.2) is 10.3 Å². The number of hydrogen-bond acceptors (Lipinski definition) is 8. The molecule has 2 aromatic heterocycles. The van der Waals surface area contributed by atoms with E-state index in [0.717, 1.165) is 22.0 Å². The van der Waals surface area contributed by atoms with Crippen LogP contribution < -0.4 is 21.3 Å². The maximum Gasteiger partial charge on any atom is 0.275 e. The summed E-state index contributed by atoms with van der Waals surface area (Å²) in [5.41, 5.74) is 7.11. The van der Waals surface area contributed by atoms with Gasteiger partial charge in [0.25, 0.3) is 5.56 Å². The second-order valence-electron chi connectivity index (χ2n) is 6.16. The summed E-state index contributed by atoms with van der Waals surface area (Å²) in [6, 6.07) is 16.1. The molecule has 30 heavy (non-hydrogen) atoms. The minimum Gasteiger partial charge on any atom is -0.497 e. The third kappa shape index (κ3) is 4.29. The molecule has 2 aromatic carbocycles. The number of anilines is 2. The van der Waals surface area contributed by atoms with E-state index in [-0.39, 0.29) is 17.5 Å². The highest BCUT2D eigenvalue weighted by Crippen LogP contribution is 2.27. The molecule has 0 unspecified atom stereocenters. The zero-order chi connectivity index (χ0) is 21.1. The van der Waals surface area contributed by atoms with E-state index in [1.54, 1.807) is 29.9 Å². The van der Waals surface area contributed by atoms with Crippen molar-refractivity contribution in [1.82, 2.24) is 14.5 Å². The van der Waals surface area contributed by atoms with Crippen LogP contribution in [-0.2, 0) is 4.79 Å². The number of hydrogen-bond donors (Lipinski definition) is 2. The number of para-hydroxylation sites is 1. The maximum atomic E-state index is 12.4. The lowest BCUT2D eigenvalue weighted by atomic mass is 10.3. The topological polar surface area (TPSA) is 112 Å². The van der Waals surface area contributed by atoms with Gasteiger partial charge in [-0.15, -0.1) is 0 Å². The first-order valence-electron chi connectivity index (χ1n) is 8.86. The average molecular weight is 440 g/mol. The molecule has 2 heterocycles. The van der Waals surface area contributed by atoms with Crippen LogP contribution in [0.5, 0.6) is 5.75 Å². The van der Waals surface area contributed by atoms with Gasteiger partial charge in [0.05, 0.1) is 28.8 Å². The number of aromatic nitrogens is 3. The number of methoxy groups -OCH3 is 1. The first kappa shape index (κ1) is 19.9. The summed E-state index contributed by atoms with van der Waals surface area (Å²) in [5.74, 6) is 0.635. The summed E-state index contributed by atoms with van der Waals surface area (Å²) in [6.45, 7) is 0. The quantitative estimate of drug-likeness (QED) is 0.350. The van der Waals surface area contributed by atoms with Gasteiger partial charge in [0.2, 0.25) is 5.91 Å². The van der Waals surface area contributed by atoms with Crippen LogP contribution in [0.1, 0.15) is 0 Å². The highest BCUT2D eigenvalue weighted by Gasteiger charge is 2.14. The van der Waals surface area contributed by atoms with E-state index in [1.807, 2.05) is 30.3 Å². The van der Waals surface area contributed by atoms with Gasteiger partial charge in [0, 0.05) is 12.1 Å². The summed E-state index contributed by atoms with van der Waals surface area (Å²) in [6.07, 6.45) is 0. The molecule has 3 N–H and O–H groups in total. The molecule has 152 valence electrons. The SMILES string of the molecule is COc1cccc(-n2c(N)cc(=O)nc2SCC(=O)Nc2nc3ccccc3s2)c1. The summed E-state index contributed by atoms with van der Waals surface area (Å²) in [5, 5.41) is 3.62. The highest BCUT2D eigenvalue weighted by atomic mass is 32.2. The number of rotatable bonds is 6. The van der Waals surface area contributed by atoms with E-state index in [0.29, 0.717) is 21.7 Å². The fourth-order valence-corrected chi connectivity index (χ4v) is 4.50. The van der Waals surface area contributed by atoms with Crippen molar-refractivity contribution in [2.75, 3.05) is 23.9 Å². The molecule has 10 heteroatoms. The van der Waals surface area contributed by atoms with Crippen molar-refractivity contribution in [3.05, 3.63) is 65.0 Å². The molecular formula is C20H17N5O3S2. The third-order valence-electron chi connectivity index (χ3n) is 4.11. The van der Waals surface area contributed by atoms with Crippen molar-refractivity contribution in [2.45, 2.75) is 5.16 Å². The Hall–Kier alpha value is -3.37. The van der Waals surface area contributed by atoms with Crippen LogP contribution in [0, 0.1) is 0 Å². The van der Waals surface area contributed by atoms with E-state index in [9.17, 15) is 9.59 Å². The van der Waals surface area contributed by atoms with Gasteiger partial charge in [-0.1, -0.05) is 41.3 Å². The number of nitrogens with one attached hydrogen (secondary N) is 1. The van der Waals surface area contributed by atoms with Gasteiger partial charge in [-0.3, -0.25) is 14.2 Å². The zero-order valence-electron chi connectivity index (χ0n) is 15.9. The summed E-state index contributed by atoms with van der Waals surface area (Å²) in [7, 11) is 1.56. The number of carbonyl (C=O) groups excluding carboxylic acids is 1. The second-order valence-corrected chi connectivity index (χ2v) is 8.14. The van der Waals surface area contributed by atoms with Crippen molar-refractivity contribution in [3.63, 3.8) is 0 Å². The molecule has 0 radical (unpaired) electrons. The van der Waals surface area contributed by atoms with Crippen LogP contribution in [0.25, 0.3) is 15.9 Å². The maximum absolute atomic E-state index is 12.4. The monoisotopic (exact) mass is 439 g/mol. The Morgan fingerprint density at radius 1 is 1.20 bits per heavy atom. The standard InChI is InChI=1S/C20H17N5O3S2/c1-28-13-6-4-5-12(9-13)25-16(21)10-17(26)24-20(25)29-11-18(27)23-19-22-14-7-2-3-8-15(14)30-19/h2-10H,11,21H2,1H3,(H,22,23,27). The number of nitrogens with two attached hydrogens (primary N) is 1. The lowest BCUT2D eigenvalue weighted by Crippen LogP contribution is -2.19. The lowest BCUT2D eigenvalue weighted by molar-refractivity contribution is -0.113. The van der Waals surface area contributed by atoms with E-state index < -0.39 is 5.56 Å². The number of nitrogens with zero attached hydrogens (tertiary/aromatic N) is 3. The Bertz CT molecular complexity index is 1250. The smallest absolute Gasteiger partial charge is 0.275 e. The van der Waals surface area contributed by atoms with Crippen LogP contribution in [0.15, 0.2) is 64.5 Å². The molecule has 0 fully saturated rings. The van der Waals surface area contributed by atoms with Crippen molar-refractivity contribution >= 4 is 50.2 Å². The van der Waals surface area contributed by atoms with Gasteiger partial charge in [0.1, 0.15) is 11.6 Å². The number of carbonyl (C=O) groups is 1.